The van der Waals surface area contributed by atoms with Crippen LogP contribution in [-0.2, 0) is 0 Å². The van der Waals surface area contributed by atoms with Gasteiger partial charge in [0.15, 0.2) is 0 Å². The van der Waals surface area contributed by atoms with Gasteiger partial charge in [0.2, 0.25) is 5.78 Å². The Hall–Kier alpha value is -3.06. The van der Waals surface area contributed by atoms with E-state index in [0.717, 1.165) is 22.4 Å². The van der Waals surface area contributed by atoms with Crippen molar-refractivity contribution in [3.63, 3.8) is 0 Å². The molecule has 0 unspecified atom stereocenters. The predicted molar refractivity (Wildman–Crippen MR) is 84.4 cm³/mol. The van der Waals surface area contributed by atoms with Crippen molar-refractivity contribution in [3.8, 4) is 6.07 Å². The van der Waals surface area contributed by atoms with Crippen molar-refractivity contribution >= 4 is 22.8 Å². The second kappa shape index (κ2) is 5.38. The van der Waals surface area contributed by atoms with Gasteiger partial charge >= 0.3 is 0 Å². The number of hydrogen-bond acceptors (Lipinski definition) is 3. The van der Waals surface area contributed by atoms with Gasteiger partial charge in [-0.1, -0.05) is 18.2 Å². The highest BCUT2D eigenvalue weighted by Crippen LogP contribution is 2.25. The molecule has 0 fully saturated rings. The van der Waals surface area contributed by atoms with Crippen LogP contribution in [0.3, 0.4) is 0 Å². The Balaban J connectivity index is 2.10. The monoisotopic (exact) mass is 290 g/mol. The fourth-order valence-corrected chi connectivity index (χ4v) is 2.53. The Morgan fingerprint density at radius 1 is 1.23 bits per heavy atom. The number of allylic oxidation sites excluding steroid dienone is 1. The Labute approximate surface area is 127 Å². The average molecular weight is 290 g/mol. The van der Waals surface area contributed by atoms with Crippen LogP contribution < -0.4 is 0 Å². The number of para-hydroxylation sites is 1. The number of hydrogen-bond donors (Lipinski definition) is 1. The van der Waals surface area contributed by atoms with Crippen LogP contribution in [0.5, 0.6) is 0 Å². The molecule has 0 aliphatic rings. The van der Waals surface area contributed by atoms with E-state index in [1.807, 2.05) is 44.2 Å². The Kier molecular flexibility index (Phi) is 3.40. The van der Waals surface area contributed by atoms with E-state index in [4.69, 9.17) is 4.42 Å². The lowest BCUT2D eigenvalue weighted by atomic mass is 10.0. The molecule has 3 rings (SSSR count). The van der Waals surface area contributed by atoms with Gasteiger partial charge in [-0.2, -0.15) is 5.26 Å². The van der Waals surface area contributed by atoms with Gasteiger partial charge in [0, 0.05) is 22.7 Å². The lowest BCUT2D eigenvalue weighted by Crippen LogP contribution is -2.03. The number of rotatable bonds is 3. The maximum absolute atomic E-state index is 12.7. The van der Waals surface area contributed by atoms with Gasteiger partial charge in [-0.15, -0.1) is 0 Å². The molecule has 0 aliphatic carbocycles. The summed E-state index contributed by atoms with van der Waals surface area (Å²) in [5.74, 6) is 0.936. The maximum atomic E-state index is 12.7. The van der Waals surface area contributed by atoms with E-state index >= 15 is 0 Å². The van der Waals surface area contributed by atoms with Crippen LogP contribution in [0.15, 0.2) is 46.4 Å². The summed E-state index contributed by atoms with van der Waals surface area (Å²) in [5.41, 5.74) is 2.23. The van der Waals surface area contributed by atoms with Gasteiger partial charge in [0.1, 0.15) is 23.2 Å². The molecule has 108 valence electrons. The van der Waals surface area contributed by atoms with Crippen molar-refractivity contribution in [2.75, 3.05) is 0 Å². The lowest BCUT2D eigenvalue weighted by Gasteiger charge is -1.99. The minimum Gasteiger partial charge on any atom is -0.462 e. The summed E-state index contributed by atoms with van der Waals surface area (Å²) in [6, 6.07) is 13.1. The van der Waals surface area contributed by atoms with Crippen LogP contribution in [0.25, 0.3) is 17.0 Å². The van der Waals surface area contributed by atoms with Crippen LogP contribution in [0.2, 0.25) is 0 Å². The van der Waals surface area contributed by atoms with Crippen LogP contribution in [-0.4, -0.2) is 10.8 Å². The number of aromatic amines is 1. The van der Waals surface area contributed by atoms with E-state index in [9.17, 15) is 10.1 Å². The van der Waals surface area contributed by atoms with Gasteiger partial charge in [-0.3, -0.25) is 4.79 Å². The molecule has 0 saturated carbocycles. The third kappa shape index (κ3) is 2.33. The van der Waals surface area contributed by atoms with Gasteiger partial charge in [-0.05, 0) is 32.0 Å². The summed E-state index contributed by atoms with van der Waals surface area (Å²) in [6.45, 7) is 3.65. The van der Waals surface area contributed by atoms with Gasteiger partial charge < -0.3 is 9.40 Å². The number of aromatic nitrogens is 1. The Morgan fingerprint density at radius 3 is 2.68 bits per heavy atom. The highest BCUT2D eigenvalue weighted by molar-refractivity contribution is 6.20. The SMILES string of the molecule is Cc1ccc(C=C(C#N)C(=O)c2c(C)[nH]c3ccccc23)o1. The average Bonchev–Trinajstić information content (AvgIpc) is 3.06. The summed E-state index contributed by atoms with van der Waals surface area (Å²) >= 11 is 0. The number of ketones is 1. The first-order valence-electron chi connectivity index (χ1n) is 6.90. The third-order valence-corrected chi connectivity index (χ3v) is 3.53. The van der Waals surface area contributed by atoms with Crippen LogP contribution in [0, 0.1) is 25.2 Å². The summed E-state index contributed by atoms with van der Waals surface area (Å²) in [6.07, 6.45) is 1.48. The van der Waals surface area contributed by atoms with E-state index < -0.39 is 0 Å². The zero-order chi connectivity index (χ0) is 15.7. The van der Waals surface area contributed by atoms with Crippen molar-refractivity contribution in [3.05, 3.63) is 64.7 Å². The quantitative estimate of drug-likeness (QED) is 0.447. The van der Waals surface area contributed by atoms with E-state index in [1.54, 1.807) is 12.1 Å². The number of nitrogens with zero attached hydrogens (tertiary/aromatic N) is 1. The van der Waals surface area contributed by atoms with Crippen LogP contribution in [0.1, 0.15) is 27.6 Å². The first kappa shape index (κ1) is 13.9. The standard InChI is InChI=1S/C18H14N2O2/c1-11-7-8-14(22-11)9-13(10-19)18(21)17-12(2)20-16-6-4-3-5-15(16)17/h3-9,20H,1-2H3. The highest BCUT2D eigenvalue weighted by atomic mass is 16.3. The number of nitrogens with one attached hydrogen (secondary N) is 1. The molecule has 0 bridgehead atoms. The molecule has 0 radical (unpaired) electrons. The summed E-state index contributed by atoms with van der Waals surface area (Å²) in [5, 5.41) is 10.2. The number of carbonyl (C=O) groups is 1. The molecule has 3 aromatic rings. The van der Waals surface area contributed by atoms with E-state index in [1.165, 1.54) is 6.08 Å². The maximum Gasteiger partial charge on any atom is 0.206 e. The molecular formula is C18H14N2O2. The van der Waals surface area contributed by atoms with Gasteiger partial charge in [0.25, 0.3) is 0 Å². The minimum absolute atomic E-state index is 0.0576. The molecule has 4 nitrogen and oxygen atoms in total. The number of nitriles is 1. The number of fused-ring (bicyclic) bond motifs is 1. The van der Waals surface area contributed by atoms with Crippen molar-refractivity contribution in [2.45, 2.75) is 13.8 Å². The molecule has 0 atom stereocenters. The number of furan rings is 1. The molecule has 1 aromatic carbocycles. The van der Waals surface area contributed by atoms with E-state index in [0.29, 0.717) is 11.3 Å². The van der Waals surface area contributed by atoms with Gasteiger partial charge in [-0.25, -0.2) is 0 Å². The molecule has 22 heavy (non-hydrogen) atoms. The molecule has 4 heteroatoms. The van der Waals surface area contributed by atoms with E-state index in [2.05, 4.69) is 4.98 Å². The Morgan fingerprint density at radius 2 is 2.00 bits per heavy atom. The van der Waals surface area contributed by atoms with Crippen LogP contribution >= 0.6 is 0 Å². The normalized spacial score (nSPS) is 11.6. The molecule has 0 saturated heterocycles. The van der Waals surface area contributed by atoms with Crippen molar-refractivity contribution in [2.24, 2.45) is 0 Å². The Bertz CT molecular complexity index is 936. The molecule has 0 spiro atoms. The molecule has 0 amide bonds. The predicted octanol–water partition coefficient (Wildman–Crippen LogP) is 4.17. The molecule has 2 aromatic heterocycles. The fourth-order valence-electron chi connectivity index (χ4n) is 2.53. The summed E-state index contributed by atoms with van der Waals surface area (Å²) in [7, 11) is 0. The zero-order valence-corrected chi connectivity index (χ0v) is 12.3. The minimum atomic E-state index is -0.300. The van der Waals surface area contributed by atoms with Crippen molar-refractivity contribution < 1.29 is 9.21 Å². The highest BCUT2D eigenvalue weighted by Gasteiger charge is 2.20. The second-order valence-corrected chi connectivity index (χ2v) is 5.12. The van der Waals surface area contributed by atoms with Crippen molar-refractivity contribution in [1.29, 1.82) is 5.26 Å². The third-order valence-electron chi connectivity index (χ3n) is 3.53. The molecule has 0 aliphatic heterocycles. The molecule has 1 N–H and O–H groups in total. The number of Topliss-reactive ketones (excluding diaryl/α,β-unsaturated/α-hetero) is 1. The number of H-pyrrole nitrogens is 1. The topological polar surface area (TPSA) is 69.8 Å². The lowest BCUT2D eigenvalue weighted by molar-refractivity contribution is 0.104. The van der Waals surface area contributed by atoms with Crippen LogP contribution in [0.4, 0.5) is 0 Å². The summed E-state index contributed by atoms with van der Waals surface area (Å²) < 4.78 is 5.41. The van der Waals surface area contributed by atoms with Crippen molar-refractivity contribution in [1.82, 2.24) is 4.98 Å². The zero-order valence-electron chi connectivity index (χ0n) is 12.3. The first-order valence-corrected chi connectivity index (χ1v) is 6.90. The number of benzene rings is 1. The number of aryl methyl sites for hydroxylation is 2. The first-order chi connectivity index (χ1) is 10.6. The van der Waals surface area contributed by atoms with E-state index in [-0.39, 0.29) is 11.4 Å². The second-order valence-electron chi connectivity index (χ2n) is 5.12. The molecular weight excluding hydrogens is 276 g/mol. The largest absolute Gasteiger partial charge is 0.462 e. The molecule has 2 heterocycles. The fraction of sp³-hybridized carbons (Fsp3) is 0.111. The summed E-state index contributed by atoms with van der Waals surface area (Å²) in [4.78, 5) is 15.9. The number of carbonyl (C=O) groups excluding carboxylic acids is 1. The van der Waals surface area contributed by atoms with Gasteiger partial charge in [0.05, 0.1) is 5.56 Å². The smallest absolute Gasteiger partial charge is 0.206 e.